The average Bonchev–Trinajstić information content (AvgIpc) is 3.03. The molecule has 0 aromatic heterocycles. The van der Waals surface area contributed by atoms with Crippen LogP contribution in [0, 0.1) is 12.7 Å². The minimum absolute atomic E-state index is 0.136. The first-order valence-corrected chi connectivity index (χ1v) is 14.8. The van der Waals surface area contributed by atoms with Gasteiger partial charge in [-0.2, -0.15) is 0 Å². The Hall–Kier alpha value is -4.65. The fourth-order valence-electron chi connectivity index (χ4n) is 5.89. The Balaban J connectivity index is 1.43. The molecule has 5 rings (SSSR count). The molecule has 1 N–H and O–H groups in total. The molecular formula is C36H38FN3O3. The van der Waals surface area contributed by atoms with Crippen LogP contribution in [0.2, 0.25) is 0 Å². The third-order valence-corrected chi connectivity index (χ3v) is 8.10. The standard InChI is InChI=1S/C36H38FN3O3/c1-4-39(29-10-7-9-25(2)23-29)22-8-21-38-35(41)33-31-11-5-6-12-32(31)36(42)40(24-26-13-17-28(37)18-14-26)34(33)27-15-19-30(43-3)20-16-27/h5-7,9-20,23,33-34H,4,8,21-22,24H2,1-3H3,(H,38,41)/t33-,34-/m0/s1. The van der Waals surface area contributed by atoms with Crippen LogP contribution in [0.25, 0.3) is 0 Å². The maximum Gasteiger partial charge on any atom is 0.255 e. The van der Waals surface area contributed by atoms with Crippen molar-refractivity contribution in [2.75, 3.05) is 31.6 Å². The lowest BCUT2D eigenvalue weighted by molar-refractivity contribution is -0.124. The fraction of sp³-hybridized carbons (Fsp3) is 0.278. The maximum atomic E-state index is 14.1. The summed E-state index contributed by atoms with van der Waals surface area (Å²) in [6.45, 7) is 6.62. The number of aryl methyl sites for hydroxylation is 1. The predicted molar refractivity (Wildman–Crippen MR) is 168 cm³/mol. The normalized spacial score (nSPS) is 16.0. The molecule has 0 fully saturated rings. The monoisotopic (exact) mass is 579 g/mol. The van der Waals surface area contributed by atoms with Gasteiger partial charge in [-0.1, -0.05) is 54.6 Å². The zero-order valence-corrected chi connectivity index (χ0v) is 24.9. The first-order valence-electron chi connectivity index (χ1n) is 14.8. The molecule has 2 atom stereocenters. The molecule has 4 aromatic carbocycles. The van der Waals surface area contributed by atoms with Gasteiger partial charge in [0.1, 0.15) is 11.6 Å². The average molecular weight is 580 g/mol. The van der Waals surface area contributed by atoms with E-state index < -0.39 is 12.0 Å². The Kier molecular flexibility index (Phi) is 9.40. The quantitative estimate of drug-likeness (QED) is 0.202. The smallest absolute Gasteiger partial charge is 0.255 e. The maximum absolute atomic E-state index is 14.1. The molecular weight excluding hydrogens is 541 g/mol. The summed E-state index contributed by atoms with van der Waals surface area (Å²) in [4.78, 5) is 32.1. The number of methoxy groups -OCH3 is 1. The fourth-order valence-corrected chi connectivity index (χ4v) is 5.89. The van der Waals surface area contributed by atoms with Crippen LogP contribution in [-0.4, -0.2) is 43.5 Å². The van der Waals surface area contributed by atoms with E-state index in [-0.39, 0.29) is 24.2 Å². The molecule has 0 bridgehead atoms. The summed E-state index contributed by atoms with van der Waals surface area (Å²) >= 11 is 0. The van der Waals surface area contributed by atoms with E-state index in [1.165, 1.54) is 23.4 Å². The minimum Gasteiger partial charge on any atom is -0.497 e. The van der Waals surface area contributed by atoms with Gasteiger partial charge >= 0.3 is 0 Å². The van der Waals surface area contributed by atoms with Crippen molar-refractivity contribution in [2.45, 2.75) is 38.8 Å². The lowest BCUT2D eigenvalue weighted by Gasteiger charge is -2.42. The van der Waals surface area contributed by atoms with E-state index in [1.807, 2.05) is 42.5 Å². The van der Waals surface area contributed by atoms with Crippen molar-refractivity contribution < 1.29 is 18.7 Å². The Bertz CT molecular complexity index is 1560. The van der Waals surface area contributed by atoms with E-state index >= 15 is 0 Å². The highest BCUT2D eigenvalue weighted by atomic mass is 19.1. The van der Waals surface area contributed by atoms with Crippen molar-refractivity contribution in [3.05, 3.63) is 131 Å². The number of amides is 2. The van der Waals surface area contributed by atoms with Crippen molar-refractivity contribution in [3.8, 4) is 5.75 Å². The van der Waals surface area contributed by atoms with Crippen molar-refractivity contribution in [1.82, 2.24) is 10.2 Å². The second-order valence-corrected chi connectivity index (χ2v) is 10.9. The van der Waals surface area contributed by atoms with Gasteiger partial charge in [0.2, 0.25) is 5.91 Å². The van der Waals surface area contributed by atoms with Crippen molar-refractivity contribution in [2.24, 2.45) is 0 Å². The summed E-state index contributed by atoms with van der Waals surface area (Å²) in [5.41, 5.74) is 5.20. The molecule has 0 unspecified atom stereocenters. The van der Waals surface area contributed by atoms with E-state index in [9.17, 15) is 14.0 Å². The lowest BCUT2D eigenvalue weighted by Crippen LogP contribution is -2.47. The molecule has 1 heterocycles. The highest BCUT2D eigenvalue weighted by Gasteiger charge is 2.44. The number of hydrogen-bond donors (Lipinski definition) is 1. The van der Waals surface area contributed by atoms with E-state index in [0.29, 0.717) is 23.4 Å². The molecule has 6 nitrogen and oxygen atoms in total. The van der Waals surface area contributed by atoms with E-state index in [2.05, 4.69) is 48.3 Å². The molecule has 0 radical (unpaired) electrons. The summed E-state index contributed by atoms with van der Waals surface area (Å²) in [6.07, 6.45) is 0.771. The number of carbonyl (C=O) groups excluding carboxylic acids is 2. The van der Waals surface area contributed by atoms with Gasteiger partial charge in [-0.05, 0) is 85.0 Å². The summed E-state index contributed by atoms with van der Waals surface area (Å²) in [5.74, 6) is -0.592. The molecule has 1 aliphatic heterocycles. The SMILES string of the molecule is CCN(CCCNC(=O)[C@H]1c2ccccc2C(=O)N(Cc2ccc(F)cc2)[C@H]1c1ccc(OC)cc1)c1cccc(C)c1. The molecule has 2 amide bonds. The number of rotatable bonds is 11. The summed E-state index contributed by atoms with van der Waals surface area (Å²) in [7, 11) is 1.60. The third kappa shape index (κ3) is 6.72. The lowest BCUT2D eigenvalue weighted by atomic mass is 9.79. The highest BCUT2D eigenvalue weighted by Crippen LogP contribution is 2.44. The molecule has 7 heteroatoms. The van der Waals surface area contributed by atoms with Crippen LogP contribution in [0.1, 0.15) is 57.9 Å². The van der Waals surface area contributed by atoms with E-state index in [0.717, 1.165) is 30.6 Å². The van der Waals surface area contributed by atoms with Crippen LogP contribution in [-0.2, 0) is 11.3 Å². The number of nitrogens with one attached hydrogen (secondary N) is 1. The second kappa shape index (κ2) is 13.6. The van der Waals surface area contributed by atoms with Crippen LogP contribution in [0.4, 0.5) is 10.1 Å². The van der Waals surface area contributed by atoms with Crippen molar-refractivity contribution in [1.29, 1.82) is 0 Å². The number of fused-ring (bicyclic) bond motifs is 1. The van der Waals surface area contributed by atoms with Gasteiger partial charge in [-0.3, -0.25) is 9.59 Å². The molecule has 222 valence electrons. The molecule has 4 aromatic rings. The molecule has 0 aliphatic carbocycles. The first kappa shape index (κ1) is 29.8. The minimum atomic E-state index is -0.637. The van der Waals surface area contributed by atoms with Crippen molar-refractivity contribution in [3.63, 3.8) is 0 Å². The third-order valence-electron chi connectivity index (χ3n) is 8.10. The number of benzene rings is 4. The number of nitrogens with zero attached hydrogens (tertiary/aromatic N) is 2. The van der Waals surface area contributed by atoms with Gasteiger partial charge in [0.15, 0.2) is 0 Å². The molecule has 0 spiro atoms. The Morgan fingerprint density at radius 3 is 2.42 bits per heavy atom. The molecule has 0 saturated heterocycles. The predicted octanol–water partition coefficient (Wildman–Crippen LogP) is 6.66. The molecule has 0 saturated carbocycles. The second-order valence-electron chi connectivity index (χ2n) is 10.9. The number of carbonyl (C=O) groups is 2. The number of halogens is 1. The first-order chi connectivity index (χ1) is 20.9. The van der Waals surface area contributed by atoms with Gasteiger partial charge < -0.3 is 19.9 Å². The Labute approximate surface area is 253 Å². The van der Waals surface area contributed by atoms with Crippen LogP contribution < -0.4 is 15.0 Å². The zero-order chi connectivity index (χ0) is 30.3. The summed E-state index contributed by atoms with van der Waals surface area (Å²) < 4.78 is 19.1. The number of anilines is 1. The van der Waals surface area contributed by atoms with E-state index in [4.69, 9.17) is 4.74 Å². The molecule has 43 heavy (non-hydrogen) atoms. The number of ether oxygens (including phenoxy) is 1. The Morgan fingerprint density at radius 1 is 0.977 bits per heavy atom. The van der Waals surface area contributed by atoms with Gasteiger partial charge in [0.05, 0.1) is 19.1 Å². The zero-order valence-electron chi connectivity index (χ0n) is 24.9. The molecule has 1 aliphatic rings. The summed E-state index contributed by atoms with van der Waals surface area (Å²) in [5, 5.41) is 3.19. The number of hydrogen-bond acceptors (Lipinski definition) is 4. The summed E-state index contributed by atoms with van der Waals surface area (Å²) in [6, 6.07) is 28.8. The van der Waals surface area contributed by atoms with Crippen LogP contribution >= 0.6 is 0 Å². The topological polar surface area (TPSA) is 61.9 Å². The van der Waals surface area contributed by atoms with Crippen LogP contribution in [0.3, 0.4) is 0 Å². The highest BCUT2D eigenvalue weighted by molar-refractivity contribution is 6.01. The van der Waals surface area contributed by atoms with Crippen molar-refractivity contribution >= 4 is 17.5 Å². The van der Waals surface area contributed by atoms with Gasteiger partial charge in [0, 0.05) is 37.4 Å². The van der Waals surface area contributed by atoms with E-state index in [1.54, 1.807) is 30.2 Å². The van der Waals surface area contributed by atoms with Gasteiger partial charge in [0.25, 0.3) is 5.91 Å². The van der Waals surface area contributed by atoms with Crippen LogP contribution in [0.5, 0.6) is 5.75 Å². The van der Waals surface area contributed by atoms with Crippen LogP contribution in [0.15, 0.2) is 97.1 Å². The van der Waals surface area contributed by atoms with Gasteiger partial charge in [-0.25, -0.2) is 4.39 Å². The van der Waals surface area contributed by atoms with Gasteiger partial charge in [-0.15, -0.1) is 0 Å². The largest absolute Gasteiger partial charge is 0.497 e. The Morgan fingerprint density at radius 2 is 1.72 bits per heavy atom.